The molecule has 0 aromatic heterocycles. The lowest BCUT2D eigenvalue weighted by Crippen LogP contribution is -2.43. The zero-order valence-corrected chi connectivity index (χ0v) is 18.8. The van der Waals surface area contributed by atoms with Gasteiger partial charge in [-0.3, -0.25) is 4.79 Å². The summed E-state index contributed by atoms with van der Waals surface area (Å²) in [5.41, 5.74) is 0.497. The molecule has 0 spiro atoms. The Labute approximate surface area is 179 Å². The van der Waals surface area contributed by atoms with Gasteiger partial charge in [0.1, 0.15) is 5.75 Å². The number of benzene rings is 2. The molecule has 1 amide bonds. The van der Waals surface area contributed by atoms with E-state index in [0.29, 0.717) is 5.56 Å². The predicted molar refractivity (Wildman–Crippen MR) is 117 cm³/mol. The van der Waals surface area contributed by atoms with Crippen LogP contribution in [0.3, 0.4) is 0 Å². The minimum atomic E-state index is -3.64. The van der Waals surface area contributed by atoms with E-state index in [-0.39, 0.29) is 10.8 Å². The van der Waals surface area contributed by atoms with Crippen molar-refractivity contribution in [2.24, 2.45) is 0 Å². The molecule has 1 saturated carbocycles. The Morgan fingerprint density at radius 2 is 1.53 bits per heavy atom. The minimum absolute atomic E-state index is 0.139. The third-order valence-electron chi connectivity index (χ3n) is 5.32. The summed E-state index contributed by atoms with van der Waals surface area (Å²) >= 11 is 0. The summed E-state index contributed by atoms with van der Waals surface area (Å²) in [7, 11) is -2.01. The van der Waals surface area contributed by atoms with Crippen molar-refractivity contribution in [3.8, 4) is 5.75 Å². The van der Waals surface area contributed by atoms with Crippen molar-refractivity contribution < 1.29 is 17.9 Å². The molecular weight excluding hydrogens is 400 g/mol. The third kappa shape index (κ3) is 5.02. The van der Waals surface area contributed by atoms with Crippen LogP contribution in [0, 0.1) is 0 Å². The molecule has 0 bridgehead atoms. The largest absolute Gasteiger partial charge is 0.497 e. The van der Waals surface area contributed by atoms with Crippen LogP contribution in [-0.4, -0.2) is 27.0 Å². The molecule has 7 heteroatoms. The van der Waals surface area contributed by atoms with E-state index in [1.54, 1.807) is 40.0 Å². The quantitative estimate of drug-likeness (QED) is 0.726. The lowest BCUT2D eigenvalue weighted by Gasteiger charge is -2.31. The monoisotopic (exact) mass is 430 g/mol. The van der Waals surface area contributed by atoms with Crippen LogP contribution in [0.1, 0.15) is 62.4 Å². The molecule has 0 atom stereocenters. The van der Waals surface area contributed by atoms with Crippen LogP contribution in [0.5, 0.6) is 5.75 Å². The van der Waals surface area contributed by atoms with Gasteiger partial charge in [-0.25, -0.2) is 13.1 Å². The van der Waals surface area contributed by atoms with Gasteiger partial charge in [0.2, 0.25) is 10.0 Å². The first kappa shape index (κ1) is 22.3. The molecule has 0 radical (unpaired) electrons. The van der Waals surface area contributed by atoms with E-state index in [1.807, 2.05) is 24.3 Å². The highest BCUT2D eigenvalue weighted by Gasteiger charge is 2.37. The van der Waals surface area contributed by atoms with E-state index in [0.717, 1.165) is 37.0 Å². The zero-order chi connectivity index (χ0) is 22.0. The standard InChI is InChI=1S/C23H30N2O4S/c1-22(2,3)25-30(27,28)20-13-7-17(8-14-20)21(26)24-23(15-5-6-16-23)18-9-11-19(29-4)12-10-18/h7-14,25H,5-6,15-16H2,1-4H3,(H,24,26). The van der Waals surface area contributed by atoms with Crippen molar-refractivity contribution in [1.82, 2.24) is 10.0 Å². The summed E-state index contributed by atoms with van der Waals surface area (Å²) in [4.78, 5) is 13.1. The van der Waals surface area contributed by atoms with Gasteiger partial charge >= 0.3 is 0 Å². The Morgan fingerprint density at radius 3 is 2.03 bits per heavy atom. The fourth-order valence-corrected chi connectivity index (χ4v) is 5.33. The normalized spacial score (nSPS) is 16.3. The maximum atomic E-state index is 13.0. The van der Waals surface area contributed by atoms with E-state index < -0.39 is 21.1 Å². The smallest absolute Gasteiger partial charge is 0.251 e. The van der Waals surface area contributed by atoms with E-state index in [9.17, 15) is 13.2 Å². The van der Waals surface area contributed by atoms with Crippen molar-refractivity contribution in [2.75, 3.05) is 7.11 Å². The fraction of sp³-hybridized carbons (Fsp3) is 0.435. The van der Waals surface area contributed by atoms with Gasteiger partial charge in [0.05, 0.1) is 17.5 Å². The van der Waals surface area contributed by atoms with Gasteiger partial charge in [0.25, 0.3) is 5.91 Å². The van der Waals surface area contributed by atoms with Crippen molar-refractivity contribution >= 4 is 15.9 Å². The molecule has 0 aliphatic heterocycles. The van der Waals surface area contributed by atoms with Crippen LogP contribution in [0.15, 0.2) is 53.4 Å². The predicted octanol–water partition coefficient (Wildman–Crippen LogP) is 3.97. The Bertz CT molecular complexity index is 985. The molecule has 0 saturated heterocycles. The van der Waals surface area contributed by atoms with Gasteiger partial charge < -0.3 is 10.1 Å². The topological polar surface area (TPSA) is 84.5 Å². The van der Waals surface area contributed by atoms with Gasteiger partial charge in [-0.15, -0.1) is 0 Å². The highest BCUT2D eigenvalue weighted by molar-refractivity contribution is 7.89. The number of hydrogen-bond donors (Lipinski definition) is 2. The third-order valence-corrected chi connectivity index (χ3v) is 7.09. The molecule has 2 N–H and O–H groups in total. The Balaban J connectivity index is 1.80. The molecule has 162 valence electrons. The Kier molecular flexibility index (Phi) is 6.24. The van der Waals surface area contributed by atoms with Crippen molar-refractivity contribution in [1.29, 1.82) is 0 Å². The van der Waals surface area contributed by atoms with Gasteiger partial charge in [0, 0.05) is 11.1 Å². The van der Waals surface area contributed by atoms with Gasteiger partial charge in [-0.2, -0.15) is 0 Å². The number of nitrogens with one attached hydrogen (secondary N) is 2. The van der Waals surface area contributed by atoms with Gasteiger partial charge in [0.15, 0.2) is 0 Å². The average Bonchev–Trinajstić information content (AvgIpc) is 3.16. The number of methoxy groups -OCH3 is 1. The number of carbonyl (C=O) groups excluding carboxylic acids is 1. The summed E-state index contributed by atoms with van der Waals surface area (Å²) in [5, 5.41) is 3.21. The number of ether oxygens (including phenoxy) is 1. The highest BCUT2D eigenvalue weighted by atomic mass is 32.2. The van der Waals surface area contributed by atoms with Gasteiger partial charge in [-0.1, -0.05) is 25.0 Å². The second kappa shape index (κ2) is 8.40. The number of sulfonamides is 1. The molecule has 6 nitrogen and oxygen atoms in total. The Hall–Kier alpha value is -2.38. The van der Waals surface area contributed by atoms with Crippen molar-refractivity contribution in [2.45, 2.75) is 62.4 Å². The molecule has 30 heavy (non-hydrogen) atoms. The highest BCUT2D eigenvalue weighted by Crippen LogP contribution is 2.39. The summed E-state index contributed by atoms with van der Waals surface area (Å²) in [6.45, 7) is 5.35. The van der Waals surface area contributed by atoms with Crippen LogP contribution in [0.4, 0.5) is 0 Å². The maximum absolute atomic E-state index is 13.0. The first-order chi connectivity index (χ1) is 14.0. The minimum Gasteiger partial charge on any atom is -0.497 e. The molecule has 2 aromatic carbocycles. The molecule has 0 heterocycles. The SMILES string of the molecule is COc1ccc(C2(NC(=O)c3ccc(S(=O)(=O)NC(C)(C)C)cc3)CCCC2)cc1. The molecular formula is C23H30N2O4S. The van der Waals surface area contributed by atoms with Crippen LogP contribution in [-0.2, 0) is 15.6 Å². The summed E-state index contributed by atoms with van der Waals surface area (Å²) in [6.07, 6.45) is 3.82. The molecule has 0 unspecified atom stereocenters. The molecule has 3 rings (SSSR count). The average molecular weight is 431 g/mol. The lowest BCUT2D eigenvalue weighted by molar-refractivity contribution is 0.0898. The number of hydrogen-bond acceptors (Lipinski definition) is 4. The van der Waals surface area contributed by atoms with Crippen molar-refractivity contribution in [3.63, 3.8) is 0 Å². The maximum Gasteiger partial charge on any atom is 0.251 e. The molecule has 2 aromatic rings. The molecule has 1 fully saturated rings. The first-order valence-electron chi connectivity index (χ1n) is 10.2. The van der Waals surface area contributed by atoms with Crippen LogP contribution in [0.2, 0.25) is 0 Å². The van der Waals surface area contributed by atoms with Crippen molar-refractivity contribution in [3.05, 3.63) is 59.7 Å². The van der Waals surface area contributed by atoms with Crippen LogP contribution >= 0.6 is 0 Å². The second-order valence-corrected chi connectivity index (χ2v) is 10.5. The van der Waals surface area contributed by atoms with E-state index >= 15 is 0 Å². The number of carbonyl (C=O) groups is 1. The second-order valence-electron chi connectivity index (χ2n) is 8.85. The van der Waals surface area contributed by atoms with Crippen LogP contribution < -0.4 is 14.8 Å². The van der Waals surface area contributed by atoms with Gasteiger partial charge in [-0.05, 0) is 75.6 Å². The van der Waals surface area contributed by atoms with E-state index in [1.165, 1.54) is 12.1 Å². The van der Waals surface area contributed by atoms with Crippen LogP contribution in [0.25, 0.3) is 0 Å². The number of rotatable bonds is 6. The van der Waals surface area contributed by atoms with E-state index in [4.69, 9.17) is 4.74 Å². The summed E-state index contributed by atoms with van der Waals surface area (Å²) in [5.74, 6) is 0.569. The lowest BCUT2D eigenvalue weighted by atomic mass is 9.87. The Morgan fingerprint density at radius 1 is 0.967 bits per heavy atom. The summed E-state index contributed by atoms with van der Waals surface area (Å²) < 4.78 is 32.8. The number of amides is 1. The fourth-order valence-electron chi connectivity index (χ4n) is 3.91. The van der Waals surface area contributed by atoms with E-state index in [2.05, 4.69) is 10.0 Å². The molecule has 1 aliphatic rings. The summed E-state index contributed by atoms with van der Waals surface area (Å²) in [6, 6.07) is 13.9. The molecule has 1 aliphatic carbocycles. The first-order valence-corrected chi connectivity index (χ1v) is 11.6. The zero-order valence-electron chi connectivity index (χ0n) is 18.0.